The first-order valence-corrected chi connectivity index (χ1v) is 6.41. The topological polar surface area (TPSA) is 41.1 Å². The molecule has 2 N–H and O–H groups in total. The van der Waals surface area contributed by atoms with E-state index in [1.807, 2.05) is 55.6 Å². The lowest BCUT2D eigenvalue weighted by atomic mass is 10.1. The van der Waals surface area contributed by atoms with E-state index in [-0.39, 0.29) is 5.91 Å². The number of benzene rings is 2. The molecule has 19 heavy (non-hydrogen) atoms. The molecule has 0 heterocycles. The quantitative estimate of drug-likeness (QED) is 0.876. The van der Waals surface area contributed by atoms with Crippen LogP contribution in [-0.2, 0) is 6.42 Å². The Labute approximate surface area is 113 Å². The van der Waals surface area contributed by atoms with Crippen molar-refractivity contribution in [2.75, 3.05) is 17.7 Å². The highest BCUT2D eigenvalue weighted by Gasteiger charge is 2.05. The van der Waals surface area contributed by atoms with Crippen molar-refractivity contribution in [2.45, 2.75) is 13.3 Å². The third kappa shape index (κ3) is 3.35. The Balaban J connectivity index is 2.06. The van der Waals surface area contributed by atoms with E-state index in [1.54, 1.807) is 0 Å². The van der Waals surface area contributed by atoms with Crippen LogP contribution in [0.15, 0.2) is 48.5 Å². The number of hydrogen-bond acceptors (Lipinski definition) is 2. The van der Waals surface area contributed by atoms with Crippen molar-refractivity contribution in [1.29, 1.82) is 0 Å². The van der Waals surface area contributed by atoms with Crippen molar-refractivity contribution < 1.29 is 4.79 Å². The highest BCUT2D eigenvalue weighted by Crippen LogP contribution is 2.13. The highest BCUT2D eigenvalue weighted by molar-refractivity contribution is 6.04. The van der Waals surface area contributed by atoms with Gasteiger partial charge in [0.2, 0.25) is 0 Å². The van der Waals surface area contributed by atoms with E-state index in [2.05, 4.69) is 17.6 Å². The zero-order chi connectivity index (χ0) is 13.7. The minimum atomic E-state index is -0.0908. The van der Waals surface area contributed by atoms with Crippen LogP contribution in [0.1, 0.15) is 22.8 Å². The molecule has 1 amide bonds. The van der Waals surface area contributed by atoms with Crippen molar-refractivity contribution in [1.82, 2.24) is 0 Å². The molecule has 3 heteroatoms. The SMILES string of the molecule is CCc1ccc(NC(=O)c2ccc(NC)cc2)cc1. The van der Waals surface area contributed by atoms with Gasteiger partial charge in [0, 0.05) is 24.0 Å². The van der Waals surface area contributed by atoms with Crippen molar-refractivity contribution >= 4 is 17.3 Å². The van der Waals surface area contributed by atoms with Gasteiger partial charge in [-0.25, -0.2) is 0 Å². The lowest BCUT2D eigenvalue weighted by Crippen LogP contribution is -2.11. The van der Waals surface area contributed by atoms with E-state index in [0.717, 1.165) is 17.8 Å². The summed E-state index contributed by atoms with van der Waals surface area (Å²) in [5.74, 6) is -0.0908. The molecule has 0 aliphatic carbocycles. The van der Waals surface area contributed by atoms with E-state index in [4.69, 9.17) is 0 Å². The average molecular weight is 254 g/mol. The van der Waals surface area contributed by atoms with Gasteiger partial charge in [0.15, 0.2) is 0 Å². The predicted molar refractivity (Wildman–Crippen MR) is 79.8 cm³/mol. The maximum atomic E-state index is 12.0. The average Bonchev–Trinajstić information content (AvgIpc) is 2.48. The molecule has 98 valence electrons. The van der Waals surface area contributed by atoms with Gasteiger partial charge in [-0.3, -0.25) is 4.79 Å². The van der Waals surface area contributed by atoms with E-state index in [9.17, 15) is 4.79 Å². The Morgan fingerprint density at radius 3 is 2.05 bits per heavy atom. The van der Waals surface area contributed by atoms with Gasteiger partial charge in [0.1, 0.15) is 0 Å². The predicted octanol–water partition coefficient (Wildman–Crippen LogP) is 3.54. The van der Waals surface area contributed by atoms with Gasteiger partial charge >= 0.3 is 0 Å². The molecule has 2 rings (SSSR count). The van der Waals surface area contributed by atoms with Crippen LogP contribution in [0.3, 0.4) is 0 Å². The molecule has 0 unspecified atom stereocenters. The zero-order valence-electron chi connectivity index (χ0n) is 11.2. The normalized spacial score (nSPS) is 10.0. The number of carbonyl (C=O) groups excluding carboxylic acids is 1. The minimum Gasteiger partial charge on any atom is -0.388 e. The molecule has 0 saturated carbocycles. The fraction of sp³-hybridized carbons (Fsp3) is 0.188. The molecule has 0 saturated heterocycles. The van der Waals surface area contributed by atoms with Crippen LogP contribution < -0.4 is 10.6 Å². The number of anilines is 2. The summed E-state index contributed by atoms with van der Waals surface area (Å²) in [6, 6.07) is 15.3. The summed E-state index contributed by atoms with van der Waals surface area (Å²) in [6.45, 7) is 2.11. The van der Waals surface area contributed by atoms with Crippen LogP contribution in [0.5, 0.6) is 0 Å². The van der Waals surface area contributed by atoms with Crippen molar-refractivity contribution in [3.63, 3.8) is 0 Å². The Morgan fingerprint density at radius 1 is 0.947 bits per heavy atom. The molecule has 0 radical (unpaired) electrons. The van der Waals surface area contributed by atoms with Gasteiger partial charge in [0.05, 0.1) is 0 Å². The maximum absolute atomic E-state index is 12.0. The minimum absolute atomic E-state index is 0.0908. The van der Waals surface area contributed by atoms with Crippen LogP contribution in [0.4, 0.5) is 11.4 Å². The van der Waals surface area contributed by atoms with Gasteiger partial charge in [-0.2, -0.15) is 0 Å². The number of amides is 1. The van der Waals surface area contributed by atoms with Crippen LogP contribution >= 0.6 is 0 Å². The Hall–Kier alpha value is -2.29. The number of rotatable bonds is 4. The summed E-state index contributed by atoms with van der Waals surface area (Å²) in [5.41, 5.74) is 3.72. The third-order valence-electron chi connectivity index (χ3n) is 3.06. The van der Waals surface area contributed by atoms with Gasteiger partial charge in [-0.1, -0.05) is 19.1 Å². The monoisotopic (exact) mass is 254 g/mol. The molecule has 2 aromatic rings. The summed E-state index contributed by atoms with van der Waals surface area (Å²) in [4.78, 5) is 12.0. The summed E-state index contributed by atoms with van der Waals surface area (Å²) < 4.78 is 0. The van der Waals surface area contributed by atoms with Crippen LogP contribution in [-0.4, -0.2) is 13.0 Å². The van der Waals surface area contributed by atoms with E-state index in [0.29, 0.717) is 5.56 Å². The molecule has 0 bridgehead atoms. The van der Waals surface area contributed by atoms with Crippen molar-refractivity contribution in [3.8, 4) is 0 Å². The lowest BCUT2D eigenvalue weighted by molar-refractivity contribution is 0.102. The second kappa shape index (κ2) is 6.05. The summed E-state index contributed by atoms with van der Waals surface area (Å²) in [7, 11) is 1.85. The standard InChI is InChI=1S/C16H18N2O/c1-3-12-4-8-15(9-5-12)18-16(19)13-6-10-14(17-2)11-7-13/h4-11,17H,3H2,1-2H3,(H,18,19). The van der Waals surface area contributed by atoms with Gasteiger partial charge in [-0.05, 0) is 48.4 Å². The smallest absolute Gasteiger partial charge is 0.255 e. The molecule has 0 aliphatic heterocycles. The fourth-order valence-electron chi connectivity index (χ4n) is 1.82. The van der Waals surface area contributed by atoms with Crippen LogP contribution in [0, 0.1) is 0 Å². The van der Waals surface area contributed by atoms with Crippen LogP contribution in [0.25, 0.3) is 0 Å². The Morgan fingerprint density at radius 2 is 1.53 bits per heavy atom. The lowest BCUT2D eigenvalue weighted by Gasteiger charge is -2.07. The van der Waals surface area contributed by atoms with Gasteiger partial charge in [0.25, 0.3) is 5.91 Å². The van der Waals surface area contributed by atoms with Gasteiger partial charge in [-0.15, -0.1) is 0 Å². The molecule has 0 atom stereocenters. The first kappa shape index (κ1) is 13.1. The fourth-order valence-corrected chi connectivity index (χ4v) is 1.82. The largest absolute Gasteiger partial charge is 0.388 e. The van der Waals surface area contributed by atoms with E-state index >= 15 is 0 Å². The van der Waals surface area contributed by atoms with Crippen LogP contribution in [0.2, 0.25) is 0 Å². The Kier molecular flexibility index (Phi) is 4.18. The third-order valence-corrected chi connectivity index (χ3v) is 3.06. The summed E-state index contributed by atoms with van der Waals surface area (Å²) >= 11 is 0. The second-order valence-electron chi connectivity index (χ2n) is 4.33. The second-order valence-corrected chi connectivity index (χ2v) is 4.33. The number of nitrogens with one attached hydrogen (secondary N) is 2. The molecular formula is C16H18N2O. The highest BCUT2D eigenvalue weighted by atomic mass is 16.1. The maximum Gasteiger partial charge on any atom is 0.255 e. The molecule has 0 fully saturated rings. The molecule has 0 aromatic heterocycles. The molecule has 3 nitrogen and oxygen atoms in total. The molecular weight excluding hydrogens is 236 g/mol. The molecule has 0 spiro atoms. The molecule has 2 aromatic carbocycles. The number of aryl methyl sites for hydroxylation is 1. The van der Waals surface area contributed by atoms with Crippen molar-refractivity contribution in [2.24, 2.45) is 0 Å². The van der Waals surface area contributed by atoms with Gasteiger partial charge < -0.3 is 10.6 Å². The summed E-state index contributed by atoms with van der Waals surface area (Å²) in [5, 5.41) is 5.91. The first-order chi connectivity index (χ1) is 9.22. The molecule has 0 aliphatic rings. The Bertz CT molecular complexity index is 544. The first-order valence-electron chi connectivity index (χ1n) is 6.41. The van der Waals surface area contributed by atoms with Crippen molar-refractivity contribution in [3.05, 3.63) is 59.7 Å². The zero-order valence-corrected chi connectivity index (χ0v) is 11.2. The summed E-state index contributed by atoms with van der Waals surface area (Å²) in [6.07, 6.45) is 1.000. The van der Waals surface area contributed by atoms with E-state index in [1.165, 1.54) is 5.56 Å². The van der Waals surface area contributed by atoms with E-state index < -0.39 is 0 Å². The number of hydrogen-bond donors (Lipinski definition) is 2. The number of carbonyl (C=O) groups is 1.